The zero-order chi connectivity index (χ0) is 29.9. The Kier molecular flexibility index (Phi) is 7.25. The molecule has 0 radical (unpaired) electrons. The Hall–Kier alpha value is -3.03. The zero-order valence-corrected chi connectivity index (χ0v) is 26.2. The van der Waals surface area contributed by atoms with E-state index in [0.29, 0.717) is 30.2 Å². The predicted molar refractivity (Wildman–Crippen MR) is 170 cm³/mol. The van der Waals surface area contributed by atoms with E-state index in [1.165, 1.54) is 22.9 Å². The summed E-state index contributed by atoms with van der Waals surface area (Å²) in [7, 11) is 3.33. The van der Waals surface area contributed by atoms with Crippen molar-refractivity contribution < 1.29 is 19.4 Å². The molecule has 1 saturated heterocycles. The number of aromatic nitrogens is 1. The number of benzene rings is 2. The van der Waals surface area contributed by atoms with E-state index < -0.39 is 5.60 Å². The first-order valence-corrected chi connectivity index (χ1v) is 16.3. The molecule has 3 N–H and O–H groups in total. The third-order valence-corrected chi connectivity index (χ3v) is 11.1. The lowest BCUT2D eigenvalue weighted by atomic mass is 9.51. The molecule has 2 aromatic carbocycles. The molecule has 3 aromatic rings. The topological polar surface area (TPSA) is 86.8 Å². The van der Waals surface area contributed by atoms with Gasteiger partial charge in [0.15, 0.2) is 11.5 Å². The predicted octanol–water partition coefficient (Wildman–Crippen LogP) is 6.35. The molecule has 230 valence electrons. The fraction of sp³-hybridized carbons (Fsp3) is 0.583. The third-order valence-electron chi connectivity index (χ3n) is 11.1. The lowest BCUT2D eigenvalue weighted by molar-refractivity contribution is -0.147. The number of carbonyl (C=O) groups is 1. The lowest BCUT2D eigenvalue weighted by Gasteiger charge is -2.60. The van der Waals surface area contributed by atoms with Crippen LogP contribution in [0.15, 0.2) is 36.4 Å². The fourth-order valence-corrected chi connectivity index (χ4v) is 9.56. The fourth-order valence-electron chi connectivity index (χ4n) is 9.56. The van der Waals surface area contributed by atoms with E-state index in [4.69, 9.17) is 9.47 Å². The number of piperidine rings is 1. The first kappa shape index (κ1) is 28.7. The summed E-state index contributed by atoms with van der Waals surface area (Å²) < 4.78 is 11.1. The molecule has 5 aliphatic rings. The molecule has 0 spiro atoms. The lowest BCUT2D eigenvalue weighted by Crippen LogP contribution is -2.65. The number of amides is 1. The largest absolute Gasteiger partial charge is 0.493 e. The SMILES string of the molecule is COc1ccc(-c2[nH]c3ccc(C4CCN(C(=O)CNC56C[C@@H]7C[C@@H](CC(O)(C7)C5)C6)CC4)cc3c2C(C)C)cc1OC. The molecular formula is C36H47N3O4. The number of carbonyl (C=O) groups excluding carboxylic acids is 1. The number of nitrogens with zero attached hydrogens (tertiary/aromatic N) is 1. The molecule has 4 bridgehead atoms. The van der Waals surface area contributed by atoms with Crippen molar-refractivity contribution >= 4 is 16.8 Å². The quantitative estimate of drug-likeness (QED) is 0.287. The van der Waals surface area contributed by atoms with E-state index in [9.17, 15) is 9.90 Å². The molecule has 2 heterocycles. The smallest absolute Gasteiger partial charge is 0.236 e. The third kappa shape index (κ3) is 5.22. The zero-order valence-electron chi connectivity index (χ0n) is 26.2. The molecule has 1 aromatic heterocycles. The van der Waals surface area contributed by atoms with E-state index in [2.05, 4.69) is 53.3 Å². The molecule has 7 nitrogen and oxygen atoms in total. The molecule has 1 aliphatic heterocycles. The van der Waals surface area contributed by atoms with Gasteiger partial charge in [-0.2, -0.15) is 0 Å². The van der Waals surface area contributed by atoms with Gasteiger partial charge in [0.2, 0.25) is 5.91 Å². The van der Waals surface area contributed by atoms with E-state index >= 15 is 0 Å². The average molecular weight is 586 g/mol. The van der Waals surface area contributed by atoms with Gasteiger partial charge in [-0.25, -0.2) is 0 Å². The highest BCUT2D eigenvalue weighted by molar-refractivity contribution is 5.92. The highest BCUT2D eigenvalue weighted by atomic mass is 16.5. The molecule has 2 unspecified atom stereocenters. The van der Waals surface area contributed by atoms with Gasteiger partial charge in [-0.15, -0.1) is 0 Å². The maximum atomic E-state index is 13.3. The summed E-state index contributed by atoms with van der Waals surface area (Å²) in [5.41, 5.74) is 5.49. The van der Waals surface area contributed by atoms with Crippen LogP contribution in [0, 0.1) is 11.8 Å². The minimum Gasteiger partial charge on any atom is -0.493 e. The van der Waals surface area contributed by atoms with E-state index in [1.807, 2.05) is 12.1 Å². The summed E-state index contributed by atoms with van der Waals surface area (Å²) in [6.07, 6.45) is 8.20. The Labute approximate surface area is 255 Å². The Balaban J connectivity index is 1.03. The number of hydrogen-bond acceptors (Lipinski definition) is 5. The van der Waals surface area contributed by atoms with Crippen molar-refractivity contribution in [3.8, 4) is 22.8 Å². The van der Waals surface area contributed by atoms with Crippen molar-refractivity contribution in [1.29, 1.82) is 0 Å². The normalized spacial score (nSPS) is 28.7. The summed E-state index contributed by atoms with van der Waals surface area (Å²) in [6, 6.07) is 13.0. The Morgan fingerprint density at radius 1 is 1.02 bits per heavy atom. The van der Waals surface area contributed by atoms with Crippen LogP contribution in [0.4, 0.5) is 0 Å². The maximum Gasteiger partial charge on any atom is 0.236 e. The molecule has 4 saturated carbocycles. The first-order valence-electron chi connectivity index (χ1n) is 16.3. The molecule has 1 amide bonds. The molecule has 5 fully saturated rings. The second-order valence-electron chi connectivity index (χ2n) is 14.4. The number of methoxy groups -OCH3 is 2. The van der Waals surface area contributed by atoms with Crippen molar-refractivity contribution in [2.24, 2.45) is 11.8 Å². The highest BCUT2D eigenvalue weighted by Gasteiger charge is 2.57. The van der Waals surface area contributed by atoms with Gasteiger partial charge < -0.3 is 29.8 Å². The van der Waals surface area contributed by atoms with Crippen LogP contribution >= 0.6 is 0 Å². The number of likely N-dealkylation sites (tertiary alicyclic amines) is 1. The van der Waals surface area contributed by atoms with Gasteiger partial charge in [0.1, 0.15) is 0 Å². The number of fused-ring (bicyclic) bond motifs is 1. The van der Waals surface area contributed by atoms with Gasteiger partial charge in [-0.05, 0) is 116 Å². The van der Waals surface area contributed by atoms with E-state index in [0.717, 1.165) is 86.3 Å². The summed E-state index contributed by atoms with van der Waals surface area (Å²) >= 11 is 0. The van der Waals surface area contributed by atoms with Gasteiger partial charge in [-0.1, -0.05) is 19.9 Å². The second-order valence-corrected chi connectivity index (χ2v) is 14.4. The molecule has 8 rings (SSSR count). The van der Waals surface area contributed by atoms with Crippen LogP contribution < -0.4 is 14.8 Å². The van der Waals surface area contributed by atoms with Crippen molar-refractivity contribution in [2.75, 3.05) is 33.9 Å². The standard InChI is InChI=1S/C36H47N3O4/c1-22(2)33-28-14-26(5-7-29(28)38-34(33)27-6-8-30(42-3)31(15-27)43-4)25-9-11-39(12-10-25)32(40)20-37-35-16-23-13-24(17-35)19-36(41,18-23)21-35/h5-8,14-15,22-25,37-38,41H,9-13,16-21H2,1-4H3/t23-,24+,35?,36?. The van der Waals surface area contributed by atoms with Crippen molar-refractivity contribution in [3.63, 3.8) is 0 Å². The number of nitrogens with one attached hydrogen (secondary N) is 2. The van der Waals surface area contributed by atoms with Crippen LogP contribution in [-0.2, 0) is 4.79 Å². The number of H-pyrrole nitrogens is 1. The Morgan fingerprint density at radius 3 is 2.40 bits per heavy atom. The van der Waals surface area contributed by atoms with Crippen LogP contribution in [-0.4, -0.2) is 65.9 Å². The van der Waals surface area contributed by atoms with Crippen LogP contribution in [0.5, 0.6) is 11.5 Å². The van der Waals surface area contributed by atoms with Gasteiger partial charge in [-0.3, -0.25) is 4.79 Å². The van der Waals surface area contributed by atoms with Crippen molar-refractivity contribution in [1.82, 2.24) is 15.2 Å². The Morgan fingerprint density at radius 2 is 1.74 bits per heavy atom. The average Bonchev–Trinajstić information content (AvgIpc) is 3.37. The van der Waals surface area contributed by atoms with Crippen molar-refractivity contribution in [2.45, 2.75) is 88.2 Å². The van der Waals surface area contributed by atoms with Gasteiger partial charge >= 0.3 is 0 Å². The summed E-state index contributed by atoms with van der Waals surface area (Å²) in [5.74, 6) is 3.68. The number of aliphatic hydroxyl groups is 1. The van der Waals surface area contributed by atoms with Crippen LogP contribution in [0.25, 0.3) is 22.2 Å². The molecular weight excluding hydrogens is 538 g/mol. The minimum absolute atomic E-state index is 0.0390. The number of hydrogen-bond donors (Lipinski definition) is 3. The van der Waals surface area contributed by atoms with Crippen LogP contribution in [0.3, 0.4) is 0 Å². The van der Waals surface area contributed by atoms with Crippen LogP contribution in [0.2, 0.25) is 0 Å². The molecule has 4 aliphatic carbocycles. The van der Waals surface area contributed by atoms with E-state index in [-0.39, 0.29) is 11.4 Å². The maximum absolute atomic E-state index is 13.3. The molecule has 7 heteroatoms. The summed E-state index contributed by atoms with van der Waals surface area (Å²) in [5, 5.41) is 16.0. The first-order chi connectivity index (χ1) is 20.7. The van der Waals surface area contributed by atoms with Crippen molar-refractivity contribution in [3.05, 3.63) is 47.5 Å². The summed E-state index contributed by atoms with van der Waals surface area (Å²) in [4.78, 5) is 19.1. The van der Waals surface area contributed by atoms with Gasteiger partial charge in [0, 0.05) is 35.1 Å². The van der Waals surface area contributed by atoms with Gasteiger partial charge in [0.05, 0.1) is 32.1 Å². The number of aromatic amines is 1. The van der Waals surface area contributed by atoms with Gasteiger partial charge in [0.25, 0.3) is 0 Å². The highest BCUT2D eigenvalue weighted by Crippen LogP contribution is 2.57. The monoisotopic (exact) mass is 585 g/mol. The van der Waals surface area contributed by atoms with Crippen LogP contribution in [0.1, 0.15) is 88.2 Å². The second kappa shape index (κ2) is 10.8. The number of ether oxygens (including phenoxy) is 2. The Bertz CT molecular complexity index is 1500. The molecule has 4 atom stereocenters. The van der Waals surface area contributed by atoms with E-state index in [1.54, 1.807) is 14.2 Å². The summed E-state index contributed by atoms with van der Waals surface area (Å²) in [6.45, 7) is 6.49. The molecule has 43 heavy (non-hydrogen) atoms. The minimum atomic E-state index is -0.503. The number of rotatable bonds is 8.